The smallest absolute Gasteiger partial charge is 0.319 e. The average Bonchev–Trinajstić information content (AvgIpc) is 3.40. The van der Waals surface area contributed by atoms with Gasteiger partial charge in [0.15, 0.2) is 0 Å². The number of halogens is 1. The highest BCUT2D eigenvalue weighted by Gasteiger charge is 2.23. The Morgan fingerprint density at radius 2 is 1.77 bits per heavy atom. The van der Waals surface area contributed by atoms with Crippen LogP contribution in [0.2, 0.25) is 5.02 Å². The summed E-state index contributed by atoms with van der Waals surface area (Å²) in [5.74, 6) is 0. The third-order valence-corrected chi connectivity index (χ3v) is 5.37. The lowest BCUT2D eigenvalue weighted by molar-refractivity contribution is 0.251. The van der Waals surface area contributed by atoms with Crippen molar-refractivity contribution in [3.63, 3.8) is 0 Å². The van der Waals surface area contributed by atoms with E-state index in [0.717, 1.165) is 12.8 Å². The van der Waals surface area contributed by atoms with Crippen molar-refractivity contribution in [2.75, 3.05) is 10.0 Å². The second kappa shape index (κ2) is 7.23. The fraction of sp³-hybridized carbons (Fsp3) is 0.176. The average molecular weight is 391 g/mol. The summed E-state index contributed by atoms with van der Waals surface area (Å²) in [7, 11) is -3.85. The molecule has 0 aliphatic heterocycles. The van der Waals surface area contributed by atoms with Gasteiger partial charge >= 0.3 is 6.03 Å². The maximum Gasteiger partial charge on any atom is 0.319 e. The zero-order valence-corrected chi connectivity index (χ0v) is 15.1. The van der Waals surface area contributed by atoms with Crippen molar-refractivity contribution in [3.05, 3.63) is 53.1 Å². The van der Waals surface area contributed by atoms with Crippen LogP contribution < -0.4 is 15.4 Å². The molecule has 1 saturated carbocycles. The fourth-order valence-electron chi connectivity index (χ4n) is 2.17. The van der Waals surface area contributed by atoms with Gasteiger partial charge in [-0.3, -0.25) is 4.72 Å². The van der Waals surface area contributed by atoms with Gasteiger partial charge in [0.25, 0.3) is 10.0 Å². The van der Waals surface area contributed by atoms with Gasteiger partial charge < -0.3 is 10.6 Å². The lowest BCUT2D eigenvalue weighted by Gasteiger charge is -2.10. The van der Waals surface area contributed by atoms with Gasteiger partial charge in [0.1, 0.15) is 6.07 Å². The quantitative estimate of drug-likeness (QED) is 0.727. The molecule has 0 heterocycles. The van der Waals surface area contributed by atoms with E-state index in [0.29, 0.717) is 11.4 Å². The lowest BCUT2D eigenvalue weighted by atomic mass is 10.2. The first-order valence-corrected chi connectivity index (χ1v) is 9.63. The number of hydrogen-bond donors (Lipinski definition) is 3. The minimum Gasteiger partial charge on any atom is -0.335 e. The van der Waals surface area contributed by atoms with Crippen LogP contribution in [0.3, 0.4) is 0 Å². The minimum absolute atomic E-state index is 0.0486. The zero-order valence-electron chi connectivity index (χ0n) is 13.5. The van der Waals surface area contributed by atoms with Crippen LogP contribution in [0.5, 0.6) is 0 Å². The molecule has 0 aromatic heterocycles. The van der Waals surface area contributed by atoms with Crippen molar-refractivity contribution in [2.45, 2.75) is 23.8 Å². The van der Waals surface area contributed by atoms with Crippen LogP contribution in [0.15, 0.2) is 47.4 Å². The van der Waals surface area contributed by atoms with Gasteiger partial charge in [-0.15, -0.1) is 0 Å². The van der Waals surface area contributed by atoms with Gasteiger partial charge in [-0.25, -0.2) is 13.2 Å². The second-order valence-electron chi connectivity index (χ2n) is 5.81. The number of nitriles is 1. The number of carbonyl (C=O) groups excluding carboxylic acids is 1. The molecule has 0 saturated heterocycles. The molecule has 134 valence electrons. The molecule has 0 bridgehead atoms. The van der Waals surface area contributed by atoms with Crippen molar-refractivity contribution in [1.82, 2.24) is 5.32 Å². The number of hydrogen-bond acceptors (Lipinski definition) is 4. The molecule has 2 amide bonds. The van der Waals surface area contributed by atoms with Crippen LogP contribution in [-0.2, 0) is 10.0 Å². The number of urea groups is 1. The molecule has 1 aliphatic rings. The summed E-state index contributed by atoms with van der Waals surface area (Å²) in [5, 5.41) is 14.4. The molecular weight excluding hydrogens is 376 g/mol. The summed E-state index contributed by atoms with van der Waals surface area (Å²) in [5.41, 5.74) is 1.08. The topological polar surface area (TPSA) is 111 Å². The number of amides is 2. The first-order chi connectivity index (χ1) is 12.4. The number of anilines is 2. The zero-order chi connectivity index (χ0) is 18.7. The minimum atomic E-state index is -3.85. The largest absolute Gasteiger partial charge is 0.335 e. The molecule has 0 atom stereocenters. The van der Waals surface area contributed by atoms with E-state index in [4.69, 9.17) is 16.9 Å². The molecule has 1 fully saturated rings. The molecule has 7 nitrogen and oxygen atoms in total. The fourth-order valence-corrected chi connectivity index (χ4v) is 3.54. The molecule has 0 unspecified atom stereocenters. The summed E-state index contributed by atoms with van der Waals surface area (Å²) >= 11 is 5.89. The van der Waals surface area contributed by atoms with Crippen LogP contribution in [0.25, 0.3) is 0 Å². The Kier molecular flexibility index (Phi) is 5.02. The summed E-state index contributed by atoms with van der Waals surface area (Å²) in [4.78, 5) is 11.6. The summed E-state index contributed by atoms with van der Waals surface area (Å²) in [6.07, 6.45) is 1.99. The number of nitrogens with zero attached hydrogens (tertiary/aromatic N) is 1. The summed E-state index contributed by atoms with van der Waals surface area (Å²) in [6, 6.07) is 12.0. The van der Waals surface area contributed by atoms with Gasteiger partial charge in [-0.1, -0.05) is 11.6 Å². The second-order valence-corrected chi connectivity index (χ2v) is 7.90. The van der Waals surface area contributed by atoms with Gasteiger partial charge in [0, 0.05) is 17.4 Å². The van der Waals surface area contributed by atoms with Crippen molar-refractivity contribution in [2.24, 2.45) is 0 Å². The molecule has 26 heavy (non-hydrogen) atoms. The predicted octanol–water partition coefficient (Wildman–Crippen LogP) is 3.30. The first-order valence-electron chi connectivity index (χ1n) is 7.77. The molecule has 3 rings (SSSR count). The van der Waals surface area contributed by atoms with Crippen molar-refractivity contribution < 1.29 is 13.2 Å². The van der Waals surface area contributed by atoms with E-state index in [2.05, 4.69) is 15.4 Å². The van der Waals surface area contributed by atoms with E-state index in [1.165, 1.54) is 30.3 Å². The standard InChI is InChI=1S/C17H15ClN4O3S/c18-16-9-15(8-1-11(16)10-19)26(24,25)22-14-6-4-13(5-7-14)21-17(23)20-12-2-3-12/h1,4-9,12,22H,2-3H2,(H2,20,21,23). The van der Waals surface area contributed by atoms with E-state index in [9.17, 15) is 13.2 Å². The summed E-state index contributed by atoms with van der Waals surface area (Å²) < 4.78 is 27.2. The van der Waals surface area contributed by atoms with Crippen LogP contribution in [-0.4, -0.2) is 20.5 Å². The third-order valence-electron chi connectivity index (χ3n) is 3.68. The molecular formula is C17H15ClN4O3S. The number of nitrogens with one attached hydrogen (secondary N) is 3. The van der Waals surface area contributed by atoms with Crippen molar-refractivity contribution >= 4 is 39.0 Å². The third kappa shape index (κ3) is 4.45. The van der Waals surface area contributed by atoms with E-state index < -0.39 is 10.0 Å². The van der Waals surface area contributed by atoms with Gasteiger partial charge in [0.2, 0.25) is 0 Å². The Hall–Kier alpha value is -2.76. The number of carbonyl (C=O) groups is 1. The number of rotatable bonds is 5. The Labute approximate surface area is 156 Å². The predicted molar refractivity (Wildman–Crippen MR) is 98.6 cm³/mol. The number of benzene rings is 2. The Morgan fingerprint density at radius 1 is 1.12 bits per heavy atom. The molecule has 2 aromatic carbocycles. The SMILES string of the molecule is N#Cc1ccc(S(=O)(=O)Nc2ccc(NC(=O)NC3CC3)cc2)cc1Cl. The Balaban J connectivity index is 1.68. The maximum absolute atomic E-state index is 12.4. The van der Waals surface area contributed by atoms with Gasteiger partial charge in [0.05, 0.1) is 15.5 Å². The van der Waals surface area contributed by atoms with E-state index in [-0.39, 0.29) is 27.6 Å². The molecule has 2 aromatic rings. The van der Waals surface area contributed by atoms with Crippen LogP contribution in [0.1, 0.15) is 18.4 Å². The van der Waals surface area contributed by atoms with Crippen molar-refractivity contribution in [1.29, 1.82) is 5.26 Å². The number of sulfonamides is 1. The molecule has 0 radical (unpaired) electrons. The highest BCUT2D eigenvalue weighted by molar-refractivity contribution is 7.92. The van der Waals surface area contributed by atoms with E-state index in [1.54, 1.807) is 12.1 Å². The van der Waals surface area contributed by atoms with Crippen LogP contribution >= 0.6 is 11.6 Å². The molecule has 0 spiro atoms. The summed E-state index contributed by atoms with van der Waals surface area (Å²) in [6.45, 7) is 0. The van der Waals surface area contributed by atoms with Gasteiger partial charge in [-0.2, -0.15) is 5.26 Å². The maximum atomic E-state index is 12.4. The monoisotopic (exact) mass is 390 g/mol. The lowest BCUT2D eigenvalue weighted by Crippen LogP contribution is -2.30. The first kappa shape index (κ1) is 18.0. The normalized spacial score (nSPS) is 13.5. The Morgan fingerprint density at radius 3 is 2.35 bits per heavy atom. The van der Waals surface area contributed by atoms with Gasteiger partial charge in [-0.05, 0) is 55.3 Å². The highest BCUT2D eigenvalue weighted by Crippen LogP contribution is 2.23. The molecule has 9 heteroatoms. The molecule has 3 N–H and O–H groups in total. The van der Waals surface area contributed by atoms with Crippen molar-refractivity contribution in [3.8, 4) is 6.07 Å². The molecule has 1 aliphatic carbocycles. The van der Waals surface area contributed by atoms with E-state index in [1.807, 2.05) is 6.07 Å². The van der Waals surface area contributed by atoms with Crippen LogP contribution in [0.4, 0.5) is 16.2 Å². The van der Waals surface area contributed by atoms with Crippen LogP contribution in [0, 0.1) is 11.3 Å². The van der Waals surface area contributed by atoms with E-state index >= 15 is 0 Å². The Bertz CT molecular complexity index is 980. The highest BCUT2D eigenvalue weighted by atomic mass is 35.5.